The summed E-state index contributed by atoms with van der Waals surface area (Å²) >= 11 is 12.1. The number of nitrogens with zero attached hydrogens (tertiary/aromatic N) is 1. The second-order valence-electron chi connectivity index (χ2n) is 4.52. The Morgan fingerprint density at radius 2 is 1.84 bits per heavy atom. The first-order chi connectivity index (χ1) is 8.96. The van der Waals surface area contributed by atoms with Gasteiger partial charge in [0.05, 0.1) is 5.02 Å². The van der Waals surface area contributed by atoms with Crippen molar-refractivity contribution in [3.05, 3.63) is 27.7 Å². The molecule has 19 heavy (non-hydrogen) atoms. The van der Waals surface area contributed by atoms with E-state index in [1.54, 1.807) is 13.1 Å². The summed E-state index contributed by atoms with van der Waals surface area (Å²) < 4.78 is 26.5. The van der Waals surface area contributed by atoms with E-state index >= 15 is 0 Å². The topological polar surface area (TPSA) is 49.4 Å². The summed E-state index contributed by atoms with van der Waals surface area (Å²) in [6.07, 6.45) is 1.79. The van der Waals surface area contributed by atoms with Gasteiger partial charge in [-0.3, -0.25) is 0 Å². The van der Waals surface area contributed by atoms with Crippen LogP contribution in [0.25, 0.3) is 0 Å². The van der Waals surface area contributed by atoms with Gasteiger partial charge in [0.2, 0.25) is 10.0 Å². The third-order valence-electron chi connectivity index (χ3n) is 3.15. The molecule has 0 amide bonds. The molecule has 1 aromatic carbocycles. The normalized spacial score (nSPS) is 17.0. The van der Waals surface area contributed by atoms with Crippen molar-refractivity contribution in [3.63, 3.8) is 0 Å². The molecule has 0 saturated carbocycles. The van der Waals surface area contributed by atoms with E-state index in [0.717, 1.165) is 18.4 Å². The van der Waals surface area contributed by atoms with Crippen LogP contribution in [0.5, 0.6) is 0 Å². The first kappa shape index (κ1) is 15.1. The molecule has 1 N–H and O–H groups in total. The molecule has 7 heteroatoms. The fourth-order valence-corrected chi connectivity index (χ4v) is 4.52. The maximum absolute atomic E-state index is 12.5. The number of nitrogens with one attached hydrogen (secondary N) is 1. The van der Waals surface area contributed by atoms with E-state index in [1.165, 1.54) is 10.4 Å². The molecule has 2 rings (SSSR count). The molecule has 106 valence electrons. The molecule has 0 spiro atoms. The molecule has 0 bridgehead atoms. The van der Waals surface area contributed by atoms with Crippen molar-refractivity contribution in [2.75, 3.05) is 20.1 Å². The smallest absolute Gasteiger partial charge is 0.244 e. The lowest BCUT2D eigenvalue weighted by Gasteiger charge is -2.17. The molecule has 1 aliphatic rings. The molecule has 1 fully saturated rings. The van der Waals surface area contributed by atoms with Gasteiger partial charge in [0.25, 0.3) is 0 Å². The van der Waals surface area contributed by atoms with Crippen LogP contribution in [0.15, 0.2) is 17.0 Å². The lowest BCUT2D eigenvalue weighted by molar-refractivity contribution is 0.477. The summed E-state index contributed by atoms with van der Waals surface area (Å²) in [6.45, 7) is 1.61. The Bertz CT molecular complexity index is 569. The molecule has 1 heterocycles. The highest BCUT2D eigenvalue weighted by atomic mass is 35.5. The van der Waals surface area contributed by atoms with E-state index in [-0.39, 0.29) is 9.92 Å². The highest BCUT2D eigenvalue weighted by Crippen LogP contribution is 2.31. The summed E-state index contributed by atoms with van der Waals surface area (Å²) in [5.41, 5.74) is 0.728. The zero-order valence-electron chi connectivity index (χ0n) is 10.6. The van der Waals surface area contributed by atoms with Gasteiger partial charge in [0.15, 0.2) is 0 Å². The van der Waals surface area contributed by atoms with Gasteiger partial charge in [0.1, 0.15) is 4.90 Å². The second kappa shape index (κ2) is 5.97. The average Bonchev–Trinajstić information content (AvgIpc) is 2.86. The van der Waals surface area contributed by atoms with E-state index in [1.807, 2.05) is 0 Å². The van der Waals surface area contributed by atoms with Gasteiger partial charge in [-0.25, -0.2) is 8.42 Å². The predicted octanol–water partition coefficient (Wildman–Crippen LogP) is 2.50. The minimum atomic E-state index is -3.51. The van der Waals surface area contributed by atoms with Gasteiger partial charge in [-0.05, 0) is 37.6 Å². The largest absolute Gasteiger partial charge is 0.316 e. The van der Waals surface area contributed by atoms with Crippen LogP contribution in [0.2, 0.25) is 10.0 Å². The quantitative estimate of drug-likeness (QED) is 0.926. The molecule has 0 atom stereocenters. The standard InChI is InChI=1S/C12H16Cl2N2O2S/c1-15-8-9-6-12(11(14)7-10(9)13)19(17,18)16-4-2-3-5-16/h6-7,15H,2-5,8H2,1H3. The summed E-state index contributed by atoms with van der Waals surface area (Å²) in [5, 5.41) is 3.61. The zero-order valence-corrected chi connectivity index (χ0v) is 12.9. The van der Waals surface area contributed by atoms with Crippen molar-refractivity contribution in [1.29, 1.82) is 0 Å². The number of benzene rings is 1. The van der Waals surface area contributed by atoms with Gasteiger partial charge < -0.3 is 5.32 Å². The molecule has 0 aromatic heterocycles. The number of halogens is 2. The van der Waals surface area contributed by atoms with Gasteiger partial charge >= 0.3 is 0 Å². The van der Waals surface area contributed by atoms with E-state index < -0.39 is 10.0 Å². The summed E-state index contributed by atoms with van der Waals surface area (Å²) in [5.74, 6) is 0. The Kier molecular flexibility index (Phi) is 4.74. The average molecular weight is 323 g/mol. The first-order valence-corrected chi connectivity index (χ1v) is 8.29. The molecule has 1 aromatic rings. The fourth-order valence-electron chi connectivity index (χ4n) is 2.16. The molecule has 4 nitrogen and oxygen atoms in total. The highest BCUT2D eigenvalue weighted by molar-refractivity contribution is 7.89. The monoisotopic (exact) mass is 322 g/mol. The van der Waals surface area contributed by atoms with Crippen LogP contribution in [-0.4, -0.2) is 32.9 Å². The van der Waals surface area contributed by atoms with Crippen LogP contribution in [0, 0.1) is 0 Å². The molecule has 1 saturated heterocycles. The number of hydrogen-bond donors (Lipinski definition) is 1. The van der Waals surface area contributed by atoms with Crippen molar-refractivity contribution in [3.8, 4) is 0 Å². The maximum atomic E-state index is 12.5. The molecule has 0 aliphatic carbocycles. The Morgan fingerprint density at radius 3 is 2.42 bits per heavy atom. The molecule has 1 aliphatic heterocycles. The molecule has 0 radical (unpaired) electrons. The van der Waals surface area contributed by atoms with E-state index in [2.05, 4.69) is 5.32 Å². The van der Waals surface area contributed by atoms with Crippen LogP contribution >= 0.6 is 23.2 Å². The Morgan fingerprint density at radius 1 is 1.21 bits per heavy atom. The van der Waals surface area contributed by atoms with Crippen LogP contribution in [0.3, 0.4) is 0 Å². The predicted molar refractivity (Wildman–Crippen MR) is 77.2 cm³/mol. The third-order valence-corrected chi connectivity index (χ3v) is 5.87. The number of sulfonamides is 1. The number of rotatable bonds is 4. The van der Waals surface area contributed by atoms with E-state index in [9.17, 15) is 8.42 Å². The first-order valence-electron chi connectivity index (χ1n) is 6.09. The van der Waals surface area contributed by atoms with Crippen molar-refractivity contribution < 1.29 is 8.42 Å². The van der Waals surface area contributed by atoms with E-state index in [4.69, 9.17) is 23.2 Å². The second-order valence-corrected chi connectivity index (χ2v) is 7.24. The summed E-state index contributed by atoms with van der Waals surface area (Å²) in [7, 11) is -1.73. The summed E-state index contributed by atoms with van der Waals surface area (Å²) in [6, 6.07) is 3.06. The zero-order chi connectivity index (χ0) is 14.0. The van der Waals surface area contributed by atoms with Crippen LogP contribution in [-0.2, 0) is 16.6 Å². The highest BCUT2D eigenvalue weighted by Gasteiger charge is 2.29. The maximum Gasteiger partial charge on any atom is 0.244 e. The number of hydrogen-bond acceptors (Lipinski definition) is 3. The Balaban J connectivity index is 2.46. The minimum Gasteiger partial charge on any atom is -0.316 e. The third kappa shape index (κ3) is 3.06. The Labute approximate surface area is 123 Å². The van der Waals surface area contributed by atoms with Gasteiger partial charge in [0, 0.05) is 24.7 Å². The van der Waals surface area contributed by atoms with Gasteiger partial charge in [-0.15, -0.1) is 0 Å². The van der Waals surface area contributed by atoms with Gasteiger partial charge in [-0.1, -0.05) is 23.2 Å². The van der Waals surface area contributed by atoms with Crippen molar-refractivity contribution >= 4 is 33.2 Å². The molecular formula is C12H16Cl2N2O2S. The van der Waals surface area contributed by atoms with Crippen molar-refractivity contribution in [1.82, 2.24) is 9.62 Å². The van der Waals surface area contributed by atoms with Gasteiger partial charge in [-0.2, -0.15) is 4.31 Å². The fraction of sp³-hybridized carbons (Fsp3) is 0.500. The molecular weight excluding hydrogens is 307 g/mol. The van der Waals surface area contributed by atoms with Crippen LogP contribution < -0.4 is 5.32 Å². The van der Waals surface area contributed by atoms with E-state index in [0.29, 0.717) is 24.7 Å². The lowest BCUT2D eigenvalue weighted by atomic mass is 10.2. The summed E-state index contributed by atoms with van der Waals surface area (Å²) in [4.78, 5) is 0.144. The SMILES string of the molecule is CNCc1cc(S(=O)(=O)N2CCCC2)c(Cl)cc1Cl. The lowest BCUT2D eigenvalue weighted by Crippen LogP contribution is -2.28. The molecule has 0 unspecified atom stereocenters. The van der Waals surface area contributed by atoms with Crippen molar-refractivity contribution in [2.45, 2.75) is 24.3 Å². The van der Waals surface area contributed by atoms with Crippen molar-refractivity contribution in [2.24, 2.45) is 0 Å². The van der Waals surface area contributed by atoms with Crippen LogP contribution in [0.4, 0.5) is 0 Å². The van der Waals surface area contributed by atoms with Crippen LogP contribution in [0.1, 0.15) is 18.4 Å². The minimum absolute atomic E-state index is 0.144. The Hall–Kier alpha value is -0.330.